The van der Waals surface area contributed by atoms with Crippen molar-refractivity contribution in [2.45, 2.75) is 13.0 Å². The molecule has 1 aliphatic rings. The molecule has 13 heteroatoms. The average Bonchev–Trinajstić information content (AvgIpc) is 3.27. The number of hydrogen-bond acceptors (Lipinski definition) is 8. The highest BCUT2D eigenvalue weighted by molar-refractivity contribution is 7.88. The lowest BCUT2D eigenvalue weighted by Gasteiger charge is -2.34. The molecule has 0 aliphatic carbocycles. The first kappa shape index (κ1) is 23.9. The van der Waals surface area contributed by atoms with Crippen molar-refractivity contribution in [1.82, 2.24) is 28.9 Å². The average molecular weight is 513 g/mol. The predicted octanol–water partition coefficient (Wildman–Crippen LogP) is 1.87. The second-order valence-corrected chi connectivity index (χ2v) is 10.6. The summed E-state index contributed by atoms with van der Waals surface area (Å²) >= 11 is 0. The summed E-state index contributed by atoms with van der Waals surface area (Å²) in [5.41, 5.74) is 2.58. The molecule has 0 aromatic carbocycles. The zero-order valence-corrected chi connectivity index (χ0v) is 20.5. The van der Waals surface area contributed by atoms with Crippen LogP contribution in [0.25, 0.3) is 16.9 Å². The van der Waals surface area contributed by atoms with Crippen molar-refractivity contribution in [1.29, 1.82) is 0 Å². The number of sulfonamides is 1. The van der Waals surface area contributed by atoms with E-state index in [9.17, 15) is 17.6 Å². The molecule has 0 saturated carbocycles. The van der Waals surface area contributed by atoms with E-state index in [2.05, 4.69) is 25.2 Å². The largest absolute Gasteiger partial charge is 0.366 e. The summed E-state index contributed by atoms with van der Waals surface area (Å²) in [6.07, 6.45) is 5.52. The van der Waals surface area contributed by atoms with Crippen LogP contribution in [0.15, 0.2) is 53.7 Å². The van der Waals surface area contributed by atoms with E-state index >= 15 is 0 Å². The first-order chi connectivity index (χ1) is 17.2. The number of hydrogen-bond donors (Lipinski definition) is 2. The van der Waals surface area contributed by atoms with Gasteiger partial charge in [-0.2, -0.15) is 4.31 Å². The molecule has 1 fully saturated rings. The van der Waals surface area contributed by atoms with Crippen molar-refractivity contribution in [2.24, 2.45) is 0 Å². The third-order valence-electron chi connectivity index (χ3n) is 6.15. The minimum atomic E-state index is -3.28. The van der Waals surface area contributed by atoms with Gasteiger partial charge in [0.1, 0.15) is 11.6 Å². The van der Waals surface area contributed by atoms with Crippen LogP contribution in [0.2, 0.25) is 0 Å². The first-order valence-corrected chi connectivity index (χ1v) is 13.2. The molecule has 11 nitrogen and oxygen atoms in total. The molecule has 0 bridgehead atoms. The Balaban J connectivity index is 1.56. The van der Waals surface area contributed by atoms with Gasteiger partial charge < -0.3 is 15.2 Å². The van der Waals surface area contributed by atoms with Crippen LogP contribution in [-0.2, 0) is 10.0 Å². The van der Waals surface area contributed by atoms with Crippen molar-refractivity contribution >= 4 is 27.2 Å². The third-order valence-corrected chi connectivity index (χ3v) is 7.45. The van der Waals surface area contributed by atoms with E-state index in [1.165, 1.54) is 16.6 Å². The number of imidazole rings is 1. The molecule has 0 radical (unpaired) electrons. The normalized spacial score (nSPS) is 15.8. The first-order valence-electron chi connectivity index (χ1n) is 11.4. The number of pyridine rings is 2. The number of rotatable bonds is 6. The second-order valence-electron chi connectivity index (χ2n) is 8.62. The fourth-order valence-electron chi connectivity index (χ4n) is 4.26. The summed E-state index contributed by atoms with van der Waals surface area (Å²) < 4.78 is 40.3. The molecule has 0 amide bonds. The number of piperazine rings is 1. The van der Waals surface area contributed by atoms with E-state index in [1.807, 2.05) is 13.0 Å². The highest BCUT2D eigenvalue weighted by Crippen LogP contribution is 2.29. The van der Waals surface area contributed by atoms with Gasteiger partial charge in [-0.05, 0) is 31.2 Å². The summed E-state index contributed by atoms with van der Waals surface area (Å²) in [7, 11) is -3.28. The smallest absolute Gasteiger partial charge is 0.257 e. The molecule has 1 atom stereocenters. The zero-order valence-electron chi connectivity index (χ0n) is 19.7. The van der Waals surface area contributed by atoms with Crippen LogP contribution in [0.4, 0.5) is 15.9 Å². The highest BCUT2D eigenvalue weighted by Gasteiger charge is 2.26. The summed E-state index contributed by atoms with van der Waals surface area (Å²) in [4.78, 5) is 25.9. The maximum atomic E-state index is 13.3. The molecular formula is C23H25FN8O3S. The number of nitrogens with zero attached hydrogens (tertiary/aromatic N) is 6. The molecule has 188 valence electrons. The Morgan fingerprint density at radius 2 is 1.89 bits per heavy atom. The Morgan fingerprint density at radius 3 is 2.56 bits per heavy atom. The van der Waals surface area contributed by atoms with Gasteiger partial charge in [-0.15, -0.1) is 5.10 Å². The lowest BCUT2D eigenvalue weighted by atomic mass is 10.2. The molecular weight excluding hydrogens is 487 g/mol. The van der Waals surface area contributed by atoms with Gasteiger partial charge in [-0.25, -0.2) is 22.3 Å². The molecule has 5 rings (SSSR count). The number of anilines is 2. The minimum absolute atomic E-state index is 0.272. The third kappa shape index (κ3) is 4.66. The lowest BCUT2D eigenvalue weighted by molar-refractivity contribution is 0.388. The maximum Gasteiger partial charge on any atom is 0.257 e. The van der Waals surface area contributed by atoms with E-state index in [1.54, 1.807) is 35.1 Å². The van der Waals surface area contributed by atoms with E-state index < -0.39 is 15.8 Å². The fourth-order valence-corrected chi connectivity index (χ4v) is 5.09. The number of nitrogens with one attached hydrogen (secondary N) is 2. The highest BCUT2D eigenvalue weighted by atomic mass is 32.2. The van der Waals surface area contributed by atoms with Gasteiger partial charge in [-0.1, -0.05) is 0 Å². The summed E-state index contributed by atoms with van der Waals surface area (Å²) in [5.74, 6) is 0.0745. The van der Waals surface area contributed by atoms with E-state index in [4.69, 9.17) is 5.10 Å². The Bertz CT molecular complexity index is 1560. The van der Waals surface area contributed by atoms with Gasteiger partial charge >= 0.3 is 0 Å². The Labute approximate surface area is 206 Å². The molecule has 5 heterocycles. The van der Waals surface area contributed by atoms with Crippen LogP contribution in [0.3, 0.4) is 0 Å². The van der Waals surface area contributed by atoms with Gasteiger partial charge in [0.15, 0.2) is 5.65 Å². The van der Waals surface area contributed by atoms with Gasteiger partial charge in [-0.3, -0.25) is 9.78 Å². The van der Waals surface area contributed by atoms with Gasteiger partial charge in [0.25, 0.3) is 5.56 Å². The number of aromatic nitrogens is 5. The van der Waals surface area contributed by atoms with Crippen LogP contribution >= 0.6 is 0 Å². The van der Waals surface area contributed by atoms with Crippen LogP contribution in [0.1, 0.15) is 18.7 Å². The summed E-state index contributed by atoms with van der Waals surface area (Å²) in [5, 5.41) is 8.00. The number of aromatic amines is 1. The number of halogens is 1. The van der Waals surface area contributed by atoms with Crippen molar-refractivity contribution in [3.63, 3.8) is 0 Å². The number of fused-ring (bicyclic) bond motifs is 1. The Morgan fingerprint density at radius 1 is 1.11 bits per heavy atom. The minimum Gasteiger partial charge on any atom is -0.366 e. The molecule has 4 aromatic heterocycles. The van der Waals surface area contributed by atoms with Crippen molar-refractivity contribution in [2.75, 3.05) is 42.7 Å². The molecule has 0 spiro atoms. The van der Waals surface area contributed by atoms with Crippen LogP contribution in [0.5, 0.6) is 0 Å². The quantitative estimate of drug-likeness (QED) is 0.401. The second kappa shape index (κ2) is 9.32. The lowest BCUT2D eigenvalue weighted by Crippen LogP contribution is -2.48. The SMILES string of the molecule is CC(Nc1cc(N2CCN(S(C)(=O)=O)CC2)c2ncc(-c3ccc[nH]c3=O)n2n1)c1ccc(F)cn1. The predicted molar refractivity (Wildman–Crippen MR) is 134 cm³/mol. The number of H-pyrrole nitrogens is 1. The van der Waals surface area contributed by atoms with Crippen LogP contribution in [0, 0.1) is 5.82 Å². The standard InChI is InChI=1S/C23H25FN8O3S/c1-15(18-6-5-16(24)13-26-18)28-21-12-19(30-8-10-31(11-9-30)36(2,34)35)22-27-14-20(32(22)29-21)17-4-3-7-25-23(17)33/h3-7,12-15H,8-11H2,1-2H3,(H,25,33)(H,28,29). The molecule has 4 aromatic rings. The van der Waals surface area contributed by atoms with Crippen LogP contribution in [-0.4, -0.2) is 69.7 Å². The van der Waals surface area contributed by atoms with E-state index in [0.29, 0.717) is 54.6 Å². The Kier molecular flexibility index (Phi) is 6.18. The van der Waals surface area contributed by atoms with Crippen molar-refractivity contribution in [3.8, 4) is 11.3 Å². The molecule has 36 heavy (non-hydrogen) atoms. The molecule has 1 aliphatic heterocycles. The monoisotopic (exact) mass is 512 g/mol. The van der Waals surface area contributed by atoms with Crippen molar-refractivity contribution in [3.05, 3.63) is 70.8 Å². The van der Waals surface area contributed by atoms with Crippen LogP contribution < -0.4 is 15.8 Å². The zero-order chi connectivity index (χ0) is 25.4. The molecule has 1 saturated heterocycles. The Hall–Kier alpha value is -3.84. The molecule has 2 N–H and O–H groups in total. The topological polar surface area (TPSA) is 129 Å². The summed E-state index contributed by atoms with van der Waals surface area (Å²) in [6, 6.07) is 7.92. The van der Waals surface area contributed by atoms with E-state index in [0.717, 1.165) is 11.9 Å². The molecule has 1 unspecified atom stereocenters. The van der Waals surface area contributed by atoms with Crippen molar-refractivity contribution < 1.29 is 12.8 Å². The van der Waals surface area contributed by atoms with Gasteiger partial charge in [0.05, 0.1) is 47.3 Å². The van der Waals surface area contributed by atoms with E-state index in [-0.39, 0.29) is 11.6 Å². The summed E-state index contributed by atoms with van der Waals surface area (Å²) in [6.45, 7) is 3.51. The van der Waals surface area contributed by atoms with Gasteiger partial charge in [0.2, 0.25) is 10.0 Å². The maximum absolute atomic E-state index is 13.3. The van der Waals surface area contributed by atoms with Gasteiger partial charge in [0, 0.05) is 38.4 Å². The fraction of sp³-hybridized carbons (Fsp3) is 0.304.